The molecule has 0 aliphatic rings. The normalized spacial score (nSPS) is 11.0. The molecule has 2 aromatic heterocycles. The molecule has 27 heavy (non-hydrogen) atoms. The first kappa shape index (κ1) is 17.1. The monoisotopic (exact) mass is 358 g/mol. The number of H-pyrrole nitrogens is 1. The average molecular weight is 358 g/mol. The Labute approximate surface area is 158 Å². The maximum Gasteiger partial charge on any atom is 0.220 e. The molecule has 0 radical (unpaired) electrons. The van der Waals surface area contributed by atoms with Crippen LogP contribution in [0.5, 0.6) is 0 Å². The lowest BCUT2D eigenvalue weighted by atomic mass is 10.1. The van der Waals surface area contributed by atoms with Gasteiger partial charge in [0.15, 0.2) is 0 Å². The van der Waals surface area contributed by atoms with E-state index in [0.717, 1.165) is 29.6 Å². The highest BCUT2D eigenvalue weighted by atomic mass is 16.1. The molecule has 0 aliphatic heterocycles. The maximum absolute atomic E-state index is 12.1. The number of aromatic nitrogens is 3. The largest absolute Gasteiger partial charge is 0.361 e. The minimum Gasteiger partial charge on any atom is -0.361 e. The van der Waals surface area contributed by atoms with Gasteiger partial charge in [-0.1, -0.05) is 36.4 Å². The SMILES string of the molecule is O=C(CCc1c[nH]c2ccccc12)NCCc1cnn(-c2ccccc2)c1. The van der Waals surface area contributed by atoms with Crippen LogP contribution in [-0.4, -0.2) is 27.2 Å². The topological polar surface area (TPSA) is 62.7 Å². The molecule has 2 heterocycles. The van der Waals surface area contributed by atoms with Gasteiger partial charge in [0.1, 0.15) is 0 Å². The molecule has 136 valence electrons. The van der Waals surface area contributed by atoms with Crippen molar-refractivity contribution in [3.63, 3.8) is 0 Å². The van der Waals surface area contributed by atoms with E-state index in [1.165, 1.54) is 10.9 Å². The fraction of sp³-hybridized carbons (Fsp3) is 0.182. The summed E-state index contributed by atoms with van der Waals surface area (Å²) in [4.78, 5) is 15.4. The Morgan fingerprint density at radius 2 is 1.85 bits per heavy atom. The van der Waals surface area contributed by atoms with Gasteiger partial charge < -0.3 is 10.3 Å². The summed E-state index contributed by atoms with van der Waals surface area (Å²) in [7, 11) is 0. The zero-order valence-electron chi connectivity index (χ0n) is 15.1. The van der Waals surface area contributed by atoms with Gasteiger partial charge in [0, 0.05) is 36.3 Å². The van der Waals surface area contributed by atoms with Crippen molar-refractivity contribution in [2.75, 3.05) is 6.54 Å². The van der Waals surface area contributed by atoms with Crippen LogP contribution < -0.4 is 5.32 Å². The van der Waals surface area contributed by atoms with Crippen LogP contribution in [0.15, 0.2) is 73.2 Å². The summed E-state index contributed by atoms with van der Waals surface area (Å²) in [5, 5.41) is 8.58. The zero-order chi connectivity index (χ0) is 18.5. The lowest BCUT2D eigenvalue weighted by molar-refractivity contribution is -0.121. The summed E-state index contributed by atoms with van der Waals surface area (Å²) < 4.78 is 1.86. The van der Waals surface area contributed by atoms with Gasteiger partial charge in [0.05, 0.1) is 11.9 Å². The summed E-state index contributed by atoms with van der Waals surface area (Å²) in [5.74, 6) is 0.0794. The van der Waals surface area contributed by atoms with Crippen LogP contribution in [0.3, 0.4) is 0 Å². The first-order chi connectivity index (χ1) is 13.3. The van der Waals surface area contributed by atoms with Crippen molar-refractivity contribution in [2.24, 2.45) is 0 Å². The lowest BCUT2D eigenvalue weighted by Crippen LogP contribution is -2.25. The highest BCUT2D eigenvalue weighted by Crippen LogP contribution is 2.18. The van der Waals surface area contributed by atoms with E-state index in [0.29, 0.717) is 13.0 Å². The van der Waals surface area contributed by atoms with Crippen LogP contribution in [0.4, 0.5) is 0 Å². The van der Waals surface area contributed by atoms with Crippen molar-refractivity contribution < 1.29 is 4.79 Å². The van der Waals surface area contributed by atoms with Gasteiger partial charge in [-0.05, 0) is 42.2 Å². The highest BCUT2D eigenvalue weighted by molar-refractivity contribution is 5.84. The molecule has 0 fully saturated rings. The number of carbonyl (C=O) groups is 1. The van der Waals surface area contributed by atoms with Crippen molar-refractivity contribution in [2.45, 2.75) is 19.3 Å². The molecule has 0 saturated carbocycles. The average Bonchev–Trinajstić information content (AvgIpc) is 3.34. The van der Waals surface area contributed by atoms with Gasteiger partial charge in [-0.3, -0.25) is 4.79 Å². The van der Waals surface area contributed by atoms with E-state index in [2.05, 4.69) is 27.5 Å². The smallest absolute Gasteiger partial charge is 0.220 e. The number of nitrogens with zero attached hydrogens (tertiary/aromatic N) is 2. The molecular formula is C22H22N4O. The van der Waals surface area contributed by atoms with E-state index in [9.17, 15) is 4.79 Å². The number of fused-ring (bicyclic) bond motifs is 1. The summed E-state index contributed by atoms with van der Waals surface area (Å²) in [5.41, 5.74) is 4.44. The molecule has 2 aromatic carbocycles. The number of carbonyl (C=O) groups excluding carboxylic acids is 1. The van der Waals surface area contributed by atoms with Crippen molar-refractivity contribution >= 4 is 16.8 Å². The number of nitrogens with one attached hydrogen (secondary N) is 2. The standard InChI is InChI=1S/C22H22N4O/c27-22(11-10-18-15-24-21-9-5-4-8-20(18)21)23-13-12-17-14-25-26(16-17)19-6-2-1-3-7-19/h1-9,14-16,24H,10-13H2,(H,23,27). The minimum absolute atomic E-state index is 0.0794. The molecule has 0 unspecified atom stereocenters. The van der Waals surface area contributed by atoms with Gasteiger partial charge >= 0.3 is 0 Å². The van der Waals surface area contributed by atoms with Crippen molar-refractivity contribution in [3.05, 3.63) is 84.3 Å². The lowest BCUT2D eigenvalue weighted by Gasteiger charge is -2.04. The van der Waals surface area contributed by atoms with Crippen molar-refractivity contribution in [1.82, 2.24) is 20.1 Å². The number of aryl methyl sites for hydroxylation is 1. The molecule has 4 aromatic rings. The third-order valence-electron chi connectivity index (χ3n) is 4.69. The fourth-order valence-corrected chi connectivity index (χ4v) is 3.23. The van der Waals surface area contributed by atoms with Crippen LogP contribution in [0, 0.1) is 0 Å². The van der Waals surface area contributed by atoms with E-state index in [4.69, 9.17) is 0 Å². The van der Waals surface area contributed by atoms with Crippen LogP contribution in [0.2, 0.25) is 0 Å². The van der Waals surface area contributed by atoms with E-state index in [1.807, 2.05) is 65.7 Å². The summed E-state index contributed by atoms with van der Waals surface area (Å²) in [6, 6.07) is 18.2. The first-order valence-corrected chi connectivity index (χ1v) is 9.20. The molecule has 2 N–H and O–H groups in total. The molecular weight excluding hydrogens is 336 g/mol. The van der Waals surface area contributed by atoms with Crippen LogP contribution in [0.25, 0.3) is 16.6 Å². The Bertz CT molecular complexity index is 1030. The number of rotatable bonds is 7. The van der Waals surface area contributed by atoms with Crippen molar-refractivity contribution in [1.29, 1.82) is 0 Å². The Kier molecular flexibility index (Phi) is 5.01. The second kappa shape index (κ2) is 7.91. The predicted molar refractivity (Wildman–Crippen MR) is 107 cm³/mol. The number of para-hydroxylation sites is 2. The maximum atomic E-state index is 12.1. The number of hydrogen-bond acceptors (Lipinski definition) is 2. The quantitative estimate of drug-likeness (QED) is 0.530. The van der Waals surface area contributed by atoms with E-state index in [-0.39, 0.29) is 5.91 Å². The fourth-order valence-electron chi connectivity index (χ4n) is 3.23. The number of amides is 1. The second-order valence-corrected chi connectivity index (χ2v) is 6.59. The molecule has 5 heteroatoms. The van der Waals surface area contributed by atoms with Gasteiger partial charge in [-0.15, -0.1) is 0 Å². The Morgan fingerprint density at radius 1 is 1.04 bits per heavy atom. The Balaban J connectivity index is 1.25. The molecule has 0 aliphatic carbocycles. The summed E-state index contributed by atoms with van der Waals surface area (Å²) >= 11 is 0. The summed E-state index contributed by atoms with van der Waals surface area (Å²) in [6.07, 6.45) is 7.85. The molecule has 4 rings (SSSR count). The Morgan fingerprint density at radius 3 is 2.74 bits per heavy atom. The van der Waals surface area contributed by atoms with E-state index < -0.39 is 0 Å². The van der Waals surface area contributed by atoms with Crippen LogP contribution >= 0.6 is 0 Å². The predicted octanol–water partition coefficient (Wildman–Crippen LogP) is 3.65. The first-order valence-electron chi connectivity index (χ1n) is 9.20. The van der Waals surface area contributed by atoms with Crippen LogP contribution in [-0.2, 0) is 17.6 Å². The number of aromatic amines is 1. The third kappa shape index (κ3) is 4.08. The number of benzene rings is 2. The molecule has 0 saturated heterocycles. The second-order valence-electron chi connectivity index (χ2n) is 6.59. The summed E-state index contributed by atoms with van der Waals surface area (Å²) in [6.45, 7) is 0.618. The molecule has 0 bridgehead atoms. The third-order valence-corrected chi connectivity index (χ3v) is 4.69. The van der Waals surface area contributed by atoms with Gasteiger partial charge in [0.25, 0.3) is 0 Å². The van der Waals surface area contributed by atoms with Gasteiger partial charge in [-0.25, -0.2) is 4.68 Å². The zero-order valence-corrected chi connectivity index (χ0v) is 15.1. The Hall–Kier alpha value is -3.34. The molecule has 5 nitrogen and oxygen atoms in total. The van der Waals surface area contributed by atoms with E-state index in [1.54, 1.807) is 0 Å². The molecule has 1 amide bonds. The van der Waals surface area contributed by atoms with Gasteiger partial charge in [-0.2, -0.15) is 5.10 Å². The highest BCUT2D eigenvalue weighted by Gasteiger charge is 2.07. The minimum atomic E-state index is 0.0794. The van der Waals surface area contributed by atoms with E-state index >= 15 is 0 Å². The van der Waals surface area contributed by atoms with Crippen molar-refractivity contribution in [3.8, 4) is 5.69 Å². The van der Waals surface area contributed by atoms with Gasteiger partial charge in [0.2, 0.25) is 5.91 Å². The molecule has 0 atom stereocenters. The molecule has 0 spiro atoms. The number of hydrogen-bond donors (Lipinski definition) is 2. The van der Waals surface area contributed by atoms with Crippen LogP contribution in [0.1, 0.15) is 17.5 Å².